The first-order valence-corrected chi connectivity index (χ1v) is 7.22. The van der Waals surface area contributed by atoms with Gasteiger partial charge in [-0.1, -0.05) is 37.3 Å². The summed E-state index contributed by atoms with van der Waals surface area (Å²) in [7, 11) is -3.47. The van der Waals surface area contributed by atoms with E-state index < -0.39 is 21.2 Å². The molecule has 0 amide bonds. The molecule has 0 fully saturated rings. The van der Waals surface area contributed by atoms with E-state index in [2.05, 4.69) is 0 Å². The molecule has 0 saturated heterocycles. The Hall–Kier alpha value is -1.13. The molecule has 17 heavy (non-hydrogen) atoms. The topological polar surface area (TPSA) is 54.4 Å². The summed E-state index contributed by atoms with van der Waals surface area (Å²) in [6.45, 7) is 1.96. The van der Waals surface area contributed by atoms with Crippen LogP contribution in [0.3, 0.4) is 0 Å². The smallest absolute Gasteiger partial charge is 0.187 e. The predicted molar refractivity (Wildman–Crippen MR) is 66.3 cm³/mol. The van der Waals surface area contributed by atoms with E-state index in [1.165, 1.54) is 0 Å². The maximum absolute atomic E-state index is 12.3. The van der Waals surface area contributed by atoms with Gasteiger partial charge in [0.2, 0.25) is 0 Å². The second kappa shape index (κ2) is 4.63. The largest absolute Gasteiger partial charge is 0.391 e. The minimum Gasteiger partial charge on any atom is -0.391 e. The molecular weight excluding hydrogens is 236 g/mol. The van der Waals surface area contributed by atoms with E-state index in [4.69, 9.17) is 0 Å². The molecule has 1 aliphatic carbocycles. The molecule has 1 aliphatic rings. The lowest BCUT2D eigenvalue weighted by molar-refractivity contribution is 0.152. The summed E-state index contributed by atoms with van der Waals surface area (Å²) in [6, 6.07) is 8.28. The first-order chi connectivity index (χ1) is 8.01. The molecule has 0 aromatic heterocycles. The first kappa shape index (κ1) is 12.3. The van der Waals surface area contributed by atoms with Gasteiger partial charge < -0.3 is 5.11 Å². The number of allylic oxidation sites excluding steroid dienone is 1. The van der Waals surface area contributed by atoms with E-state index in [0.717, 1.165) is 0 Å². The van der Waals surface area contributed by atoms with Gasteiger partial charge in [-0.2, -0.15) is 0 Å². The van der Waals surface area contributed by atoms with Gasteiger partial charge in [0.25, 0.3) is 0 Å². The maximum Gasteiger partial charge on any atom is 0.187 e. The molecule has 1 aromatic rings. The zero-order chi connectivity index (χ0) is 12.5. The standard InChI is InChI=1S/C13H16O3S/c1-10-7-8-13(12(14)9-10)17(15,16)11-5-3-2-4-6-11/h2-8,10,12-14H,9H2,1H3/t10-,12-,13-/m1/s1. The Kier molecular flexibility index (Phi) is 3.35. The number of rotatable bonds is 2. The summed E-state index contributed by atoms with van der Waals surface area (Å²) in [5.74, 6) is 0.229. The Morgan fingerprint density at radius 3 is 2.41 bits per heavy atom. The second-order valence-electron chi connectivity index (χ2n) is 4.49. The number of hydrogen-bond acceptors (Lipinski definition) is 3. The summed E-state index contributed by atoms with van der Waals surface area (Å²) in [5.41, 5.74) is 0. The van der Waals surface area contributed by atoms with E-state index >= 15 is 0 Å². The molecule has 0 bridgehead atoms. The minimum absolute atomic E-state index is 0.229. The lowest BCUT2D eigenvalue weighted by Gasteiger charge is -2.26. The Bertz CT molecular complexity index is 505. The highest BCUT2D eigenvalue weighted by molar-refractivity contribution is 7.92. The normalized spacial score (nSPS) is 29.2. The molecule has 2 rings (SSSR count). The van der Waals surface area contributed by atoms with Crippen LogP contribution in [0.2, 0.25) is 0 Å². The van der Waals surface area contributed by atoms with Crippen LogP contribution in [0.25, 0.3) is 0 Å². The van der Waals surface area contributed by atoms with Gasteiger partial charge in [-0.3, -0.25) is 0 Å². The van der Waals surface area contributed by atoms with Crippen molar-refractivity contribution >= 4 is 9.84 Å². The zero-order valence-corrected chi connectivity index (χ0v) is 10.5. The number of aliphatic hydroxyl groups is 1. The molecule has 3 nitrogen and oxygen atoms in total. The molecular formula is C13H16O3S. The van der Waals surface area contributed by atoms with E-state index in [-0.39, 0.29) is 10.8 Å². The quantitative estimate of drug-likeness (QED) is 0.816. The summed E-state index contributed by atoms with van der Waals surface area (Å²) in [4.78, 5) is 0.267. The van der Waals surface area contributed by atoms with Gasteiger partial charge in [0.1, 0.15) is 5.25 Å². The molecule has 0 radical (unpaired) electrons. The third-order valence-corrected chi connectivity index (χ3v) is 5.17. The predicted octanol–water partition coefficient (Wildman–Crippen LogP) is 1.79. The van der Waals surface area contributed by atoms with Crippen LogP contribution in [-0.2, 0) is 9.84 Å². The van der Waals surface area contributed by atoms with Crippen LogP contribution < -0.4 is 0 Å². The van der Waals surface area contributed by atoms with Gasteiger partial charge in [0.05, 0.1) is 11.0 Å². The van der Waals surface area contributed by atoms with Gasteiger partial charge in [-0.05, 0) is 24.5 Å². The van der Waals surface area contributed by atoms with Gasteiger partial charge >= 0.3 is 0 Å². The lowest BCUT2D eigenvalue weighted by Crippen LogP contribution is -2.36. The molecule has 1 N–H and O–H groups in total. The highest BCUT2D eigenvalue weighted by atomic mass is 32.2. The average Bonchev–Trinajstić information content (AvgIpc) is 2.29. The van der Waals surface area contributed by atoms with Crippen LogP contribution in [0.15, 0.2) is 47.4 Å². The fraction of sp³-hybridized carbons (Fsp3) is 0.385. The number of sulfone groups is 1. The van der Waals surface area contributed by atoms with Crippen molar-refractivity contribution < 1.29 is 13.5 Å². The molecule has 0 saturated carbocycles. The van der Waals surface area contributed by atoms with E-state index in [0.29, 0.717) is 6.42 Å². The molecule has 1 aromatic carbocycles. The number of hydrogen-bond donors (Lipinski definition) is 1. The van der Waals surface area contributed by atoms with Crippen LogP contribution in [0.1, 0.15) is 13.3 Å². The van der Waals surface area contributed by atoms with Crippen molar-refractivity contribution in [3.8, 4) is 0 Å². The third kappa shape index (κ3) is 2.42. The monoisotopic (exact) mass is 252 g/mol. The average molecular weight is 252 g/mol. The Morgan fingerprint density at radius 2 is 1.82 bits per heavy atom. The molecule has 0 spiro atoms. The van der Waals surface area contributed by atoms with Crippen molar-refractivity contribution in [2.24, 2.45) is 5.92 Å². The van der Waals surface area contributed by atoms with Gasteiger partial charge in [0.15, 0.2) is 9.84 Å². The van der Waals surface area contributed by atoms with Gasteiger partial charge in [-0.15, -0.1) is 0 Å². The Balaban J connectivity index is 2.37. The van der Waals surface area contributed by atoms with Crippen LogP contribution in [0, 0.1) is 5.92 Å². The van der Waals surface area contributed by atoms with Crippen molar-refractivity contribution in [1.29, 1.82) is 0 Å². The SMILES string of the molecule is C[C@@H]1C=C[C@@H](S(=O)(=O)c2ccccc2)[C@H](O)C1. The van der Waals surface area contributed by atoms with E-state index in [1.54, 1.807) is 36.4 Å². The summed E-state index contributed by atoms with van der Waals surface area (Å²) in [5, 5.41) is 9.09. The van der Waals surface area contributed by atoms with Gasteiger partial charge in [-0.25, -0.2) is 8.42 Å². The zero-order valence-electron chi connectivity index (χ0n) is 9.65. The second-order valence-corrected chi connectivity index (χ2v) is 6.59. The molecule has 0 unspecified atom stereocenters. The highest BCUT2D eigenvalue weighted by Crippen LogP contribution is 2.26. The molecule has 4 heteroatoms. The molecule has 0 aliphatic heterocycles. The van der Waals surface area contributed by atoms with Crippen LogP contribution in [0.4, 0.5) is 0 Å². The lowest BCUT2D eigenvalue weighted by atomic mass is 9.95. The van der Waals surface area contributed by atoms with E-state index in [9.17, 15) is 13.5 Å². The summed E-state index contributed by atoms with van der Waals surface area (Å²) in [6.07, 6.45) is 3.15. The van der Waals surface area contributed by atoms with Crippen LogP contribution in [0.5, 0.6) is 0 Å². The highest BCUT2D eigenvalue weighted by Gasteiger charge is 2.34. The minimum atomic E-state index is -3.47. The maximum atomic E-state index is 12.3. The fourth-order valence-corrected chi connectivity index (χ4v) is 3.77. The number of benzene rings is 1. The van der Waals surface area contributed by atoms with E-state index in [1.807, 2.05) is 13.0 Å². The van der Waals surface area contributed by atoms with Crippen molar-refractivity contribution in [2.45, 2.75) is 29.6 Å². The van der Waals surface area contributed by atoms with Crippen molar-refractivity contribution in [3.63, 3.8) is 0 Å². The first-order valence-electron chi connectivity index (χ1n) is 5.67. The van der Waals surface area contributed by atoms with Crippen molar-refractivity contribution in [3.05, 3.63) is 42.5 Å². The fourth-order valence-electron chi connectivity index (χ4n) is 2.10. The van der Waals surface area contributed by atoms with Crippen LogP contribution in [-0.4, -0.2) is 24.9 Å². The summed E-state index contributed by atoms with van der Waals surface area (Å²) >= 11 is 0. The molecule has 0 heterocycles. The number of aliphatic hydroxyl groups excluding tert-OH is 1. The van der Waals surface area contributed by atoms with Crippen LogP contribution >= 0.6 is 0 Å². The molecule has 92 valence electrons. The van der Waals surface area contributed by atoms with Gasteiger partial charge in [0, 0.05) is 0 Å². The Morgan fingerprint density at radius 1 is 1.18 bits per heavy atom. The third-order valence-electron chi connectivity index (χ3n) is 3.05. The van der Waals surface area contributed by atoms with Crippen molar-refractivity contribution in [1.82, 2.24) is 0 Å². The Labute approximate surface area is 102 Å². The molecule has 3 atom stereocenters. The summed E-state index contributed by atoms with van der Waals surface area (Å²) < 4.78 is 24.6. The van der Waals surface area contributed by atoms with Crippen molar-refractivity contribution in [2.75, 3.05) is 0 Å².